The SMILES string of the molecule is COc1ccccc1CC(C)(N)N.Cl.Cl. The monoisotopic (exact) mass is 252 g/mol. The zero-order chi connectivity index (χ0) is 9.90. The van der Waals surface area contributed by atoms with E-state index in [-0.39, 0.29) is 24.8 Å². The molecule has 0 spiro atoms. The van der Waals surface area contributed by atoms with E-state index in [2.05, 4.69) is 0 Å². The van der Waals surface area contributed by atoms with Crippen molar-refractivity contribution in [2.45, 2.75) is 19.0 Å². The fraction of sp³-hybridized carbons (Fsp3) is 0.400. The summed E-state index contributed by atoms with van der Waals surface area (Å²) in [5, 5.41) is 0. The number of rotatable bonds is 3. The van der Waals surface area contributed by atoms with Crippen molar-refractivity contribution < 1.29 is 4.74 Å². The average Bonchev–Trinajstić information content (AvgIpc) is 2.02. The van der Waals surface area contributed by atoms with Gasteiger partial charge in [0, 0.05) is 6.42 Å². The maximum atomic E-state index is 5.71. The lowest BCUT2D eigenvalue weighted by molar-refractivity contribution is 0.400. The van der Waals surface area contributed by atoms with E-state index < -0.39 is 5.66 Å². The molecule has 0 aliphatic carbocycles. The highest BCUT2D eigenvalue weighted by atomic mass is 35.5. The van der Waals surface area contributed by atoms with Crippen LogP contribution < -0.4 is 16.2 Å². The van der Waals surface area contributed by atoms with Crippen molar-refractivity contribution in [2.24, 2.45) is 11.5 Å². The Bertz CT molecular complexity index is 287. The van der Waals surface area contributed by atoms with Crippen LogP contribution in [-0.4, -0.2) is 12.8 Å². The van der Waals surface area contributed by atoms with Gasteiger partial charge in [0.05, 0.1) is 12.8 Å². The van der Waals surface area contributed by atoms with Crippen molar-refractivity contribution in [3.05, 3.63) is 29.8 Å². The number of halogens is 2. The Morgan fingerprint density at radius 2 is 1.73 bits per heavy atom. The van der Waals surface area contributed by atoms with Crippen molar-refractivity contribution in [1.29, 1.82) is 0 Å². The lowest BCUT2D eigenvalue weighted by atomic mass is 10.0. The van der Waals surface area contributed by atoms with Crippen molar-refractivity contribution >= 4 is 24.8 Å². The second kappa shape index (κ2) is 6.90. The number of ether oxygens (including phenoxy) is 1. The Kier molecular flexibility index (Phi) is 7.79. The third-order valence-electron chi connectivity index (χ3n) is 1.76. The molecule has 0 aromatic heterocycles. The van der Waals surface area contributed by atoms with Gasteiger partial charge in [-0.15, -0.1) is 24.8 Å². The van der Waals surface area contributed by atoms with E-state index in [1.807, 2.05) is 24.3 Å². The second-order valence-electron chi connectivity index (χ2n) is 3.49. The fourth-order valence-corrected chi connectivity index (χ4v) is 1.26. The van der Waals surface area contributed by atoms with Crippen LogP contribution in [0.2, 0.25) is 0 Å². The molecule has 5 heteroatoms. The normalized spacial score (nSPS) is 9.87. The van der Waals surface area contributed by atoms with Gasteiger partial charge < -0.3 is 16.2 Å². The van der Waals surface area contributed by atoms with Gasteiger partial charge in [-0.25, -0.2) is 0 Å². The molecule has 1 aromatic carbocycles. The number of nitrogens with two attached hydrogens (primary N) is 2. The summed E-state index contributed by atoms with van der Waals surface area (Å²) >= 11 is 0. The molecule has 0 aliphatic heterocycles. The lowest BCUT2D eigenvalue weighted by Gasteiger charge is -2.19. The first kappa shape index (κ1) is 16.9. The van der Waals surface area contributed by atoms with E-state index in [1.165, 1.54) is 0 Å². The Morgan fingerprint density at radius 1 is 1.20 bits per heavy atom. The summed E-state index contributed by atoms with van der Waals surface area (Å²) in [6.07, 6.45) is 0.608. The van der Waals surface area contributed by atoms with E-state index in [0.29, 0.717) is 6.42 Å². The number of benzene rings is 1. The molecule has 0 amide bonds. The summed E-state index contributed by atoms with van der Waals surface area (Å²) in [6, 6.07) is 7.74. The third kappa shape index (κ3) is 5.85. The van der Waals surface area contributed by atoms with Crippen LogP contribution >= 0.6 is 24.8 Å². The molecule has 0 radical (unpaired) electrons. The van der Waals surface area contributed by atoms with Gasteiger partial charge in [-0.1, -0.05) is 18.2 Å². The standard InChI is InChI=1S/C10H16N2O.2ClH/c1-10(11,12)7-8-5-3-4-6-9(8)13-2;;/h3-6H,7,11-12H2,1-2H3;2*1H. The zero-order valence-corrected chi connectivity index (χ0v) is 10.5. The second-order valence-corrected chi connectivity index (χ2v) is 3.49. The lowest BCUT2D eigenvalue weighted by Crippen LogP contribution is -2.48. The van der Waals surface area contributed by atoms with Crippen LogP contribution in [0.3, 0.4) is 0 Å². The molecule has 0 unspecified atom stereocenters. The predicted molar refractivity (Wildman–Crippen MR) is 68.0 cm³/mol. The number of methoxy groups -OCH3 is 1. The highest BCUT2D eigenvalue weighted by molar-refractivity contribution is 5.85. The first-order valence-electron chi connectivity index (χ1n) is 4.22. The summed E-state index contributed by atoms with van der Waals surface area (Å²) in [7, 11) is 1.64. The average molecular weight is 253 g/mol. The molecule has 0 aliphatic rings. The summed E-state index contributed by atoms with van der Waals surface area (Å²) in [5.41, 5.74) is 11.8. The summed E-state index contributed by atoms with van der Waals surface area (Å²) in [5.74, 6) is 0.838. The van der Waals surface area contributed by atoms with Gasteiger partial charge in [0.1, 0.15) is 5.75 Å². The van der Waals surface area contributed by atoms with Crippen LogP contribution in [-0.2, 0) is 6.42 Å². The van der Waals surface area contributed by atoms with Gasteiger partial charge in [-0.05, 0) is 18.6 Å². The summed E-state index contributed by atoms with van der Waals surface area (Å²) in [4.78, 5) is 0. The van der Waals surface area contributed by atoms with Crippen molar-refractivity contribution in [3.8, 4) is 5.75 Å². The number of hydrogen-bond donors (Lipinski definition) is 2. The molecule has 0 fully saturated rings. The highest BCUT2D eigenvalue weighted by Gasteiger charge is 2.14. The quantitative estimate of drug-likeness (QED) is 0.806. The molecular weight excluding hydrogens is 235 g/mol. The van der Waals surface area contributed by atoms with Crippen LogP contribution in [0, 0.1) is 0 Å². The first-order valence-corrected chi connectivity index (χ1v) is 4.22. The fourth-order valence-electron chi connectivity index (χ4n) is 1.26. The van der Waals surface area contributed by atoms with Crippen molar-refractivity contribution in [1.82, 2.24) is 0 Å². The maximum absolute atomic E-state index is 5.71. The van der Waals surface area contributed by atoms with Gasteiger partial charge >= 0.3 is 0 Å². The van der Waals surface area contributed by atoms with Crippen LogP contribution in [0.15, 0.2) is 24.3 Å². The maximum Gasteiger partial charge on any atom is 0.122 e. The summed E-state index contributed by atoms with van der Waals surface area (Å²) < 4.78 is 5.18. The van der Waals surface area contributed by atoms with E-state index in [4.69, 9.17) is 16.2 Å². The van der Waals surface area contributed by atoms with E-state index >= 15 is 0 Å². The van der Waals surface area contributed by atoms with E-state index in [1.54, 1.807) is 14.0 Å². The molecule has 1 aromatic rings. The zero-order valence-electron chi connectivity index (χ0n) is 8.90. The number of para-hydroxylation sites is 1. The summed E-state index contributed by atoms with van der Waals surface area (Å²) in [6.45, 7) is 1.79. The van der Waals surface area contributed by atoms with Gasteiger partial charge in [0.2, 0.25) is 0 Å². The minimum absolute atomic E-state index is 0. The van der Waals surface area contributed by atoms with Crippen LogP contribution in [0.5, 0.6) is 5.75 Å². The molecular formula is C10H18Cl2N2O. The largest absolute Gasteiger partial charge is 0.496 e. The molecule has 0 bridgehead atoms. The molecule has 0 atom stereocenters. The van der Waals surface area contributed by atoms with Gasteiger partial charge in [0.15, 0.2) is 0 Å². The molecule has 88 valence electrons. The van der Waals surface area contributed by atoms with Gasteiger partial charge in [-0.2, -0.15) is 0 Å². The Morgan fingerprint density at radius 3 is 2.20 bits per heavy atom. The molecule has 0 saturated carbocycles. The van der Waals surface area contributed by atoms with Gasteiger partial charge in [-0.3, -0.25) is 0 Å². The third-order valence-corrected chi connectivity index (χ3v) is 1.76. The van der Waals surface area contributed by atoms with E-state index in [0.717, 1.165) is 11.3 Å². The Labute approximate surface area is 103 Å². The van der Waals surface area contributed by atoms with Crippen molar-refractivity contribution in [2.75, 3.05) is 7.11 Å². The molecule has 3 nitrogen and oxygen atoms in total. The minimum Gasteiger partial charge on any atom is -0.496 e. The smallest absolute Gasteiger partial charge is 0.122 e. The molecule has 0 heterocycles. The Balaban J connectivity index is 0. The van der Waals surface area contributed by atoms with E-state index in [9.17, 15) is 0 Å². The predicted octanol–water partition coefficient (Wildman–Crippen LogP) is 1.71. The molecule has 4 N–H and O–H groups in total. The Hall–Kier alpha value is -0.480. The topological polar surface area (TPSA) is 61.3 Å². The van der Waals surface area contributed by atoms with Crippen LogP contribution in [0.25, 0.3) is 0 Å². The molecule has 0 saturated heterocycles. The van der Waals surface area contributed by atoms with Crippen molar-refractivity contribution in [3.63, 3.8) is 0 Å². The first-order chi connectivity index (χ1) is 6.03. The van der Waals surface area contributed by atoms with Crippen LogP contribution in [0.4, 0.5) is 0 Å². The van der Waals surface area contributed by atoms with Gasteiger partial charge in [0.25, 0.3) is 0 Å². The molecule has 15 heavy (non-hydrogen) atoms. The minimum atomic E-state index is -0.686. The number of hydrogen-bond acceptors (Lipinski definition) is 3. The van der Waals surface area contributed by atoms with Crippen LogP contribution in [0.1, 0.15) is 12.5 Å². The molecule has 1 rings (SSSR count). The highest BCUT2D eigenvalue weighted by Crippen LogP contribution is 2.19.